The first kappa shape index (κ1) is 13.9. The van der Waals surface area contributed by atoms with Crippen molar-refractivity contribution >= 4 is 0 Å². The monoisotopic (exact) mass is 229 g/mol. The van der Waals surface area contributed by atoms with Gasteiger partial charge < -0.3 is 9.47 Å². The third-order valence-electron chi connectivity index (χ3n) is 3.02. The molecule has 1 saturated heterocycles. The fraction of sp³-hybridized carbons (Fsp3) is 1.00. The number of hydrogen-bond acceptors (Lipinski definition) is 3. The van der Waals surface area contributed by atoms with Gasteiger partial charge in [-0.2, -0.15) is 0 Å². The van der Waals surface area contributed by atoms with Crippen molar-refractivity contribution in [1.82, 2.24) is 4.90 Å². The standard InChI is InChI=1S/C13H27NO2/c1-4-7-9-14-10-8-13(14,15-11-5-2)16-12-6-3/h4-12H2,1-3H3. The summed E-state index contributed by atoms with van der Waals surface area (Å²) >= 11 is 0. The Labute approximate surface area is 100 Å². The summed E-state index contributed by atoms with van der Waals surface area (Å²) < 4.78 is 11.9. The van der Waals surface area contributed by atoms with Gasteiger partial charge in [-0.1, -0.05) is 27.2 Å². The van der Waals surface area contributed by atoms with Gasteiger partial charge in [0.1, 0.15) is 0 Å². The molecule has 1 rings (SSSR count). The van der Waals surface area contributed by atoms with Gasteiger partial charge in [0.15, 0.2) is 0 Å². The molecule has 0 aromatic rings. The van der Waals surface area contributed by atoms with E-state index in [1.807, 2.05) is 0 Å². The first-order chi connectivity index (χ1) is 7.79. The summed E-state index contributed by atoms with van der Waals surface area (Å²) in [6.07, 6.45) is 5.59. The van der Waals surface area contributed by atoms with E-state index in [0.29, 0.717) is 0 Å². The molecule has 3 nitrogen and oxygen atoms in total. The highest BCUT2D eigenvalue weighted by Gasteiger charge is 2.46. The maximum Gasteiger partial charge on any atom is 0.231 e. The number of nitrogens with zero attached hydrogens (tertiary/aromatic N) is 1. The summed E-state index contributed by atoms with van der Waals surface area (Å²) in [7, 11) is 0. The molecule has 0 atom stereocenters. The van der Waals surface area contributed by atoms with Crippen LogP contribution in [0.25, 0.3) is 0 Å². The Bertz CT molecular complexity index is 177. The quantitative estimate of drug-likeness (QED) is 0.567. The molecule has 0 aromatic heterocycles. The molecule has 3 heteroatoms. The molecule has 1 heterocycles. The van der Waals surface area contributed by atoms with Crippen LogP contribution >= 0.6 is 0 Å². The number of likely N-dealkylation sites (tertiary alicyclic amines) is 1. The van der Waals surface area contributed by atoms with Gasteiger partial charge in [-0.3, -0.25) is 4.90 Å². The predicted octanol–water partition coefficient (Wildman–Crippen LogP) is 3.00. The lowest BCUT2D eigenvalue weighted by Crippen LogP contribution is -2.63. The molecule has 1 aliphatic heterocycles. The van der Waals surface area contributed by atoms with Crippen LogP contribution in [0.5, 0.6) is 0 Å². The summed E-state index contributed by atoms with van der Waals surface area (Å²) in [5.41, 5.74) is 0. The van der Waals surface area contributed by atoms with Gasteiger partial charge in [0, 0.05) is 19.5 Å². The average Bonchev–Trinajstić information content (AvgIpc) is 2.28. The van der Waals surface area contributed by atoms with Gasteiger partial charge in [0.05, 0.1) is 13.2 Å². The second-order valence-corrected chi connectivity index (χ2v) is 4.50. The third kappa shape index (κ3) is 3.44. The van der Waals surface area contributed by atoms with Crippen molar-refractivity contribution in [3.8, 4) is 0 Å². The smallest absolute Gasteiger partial charge is 0.231 e. The first-order valence-corrected chi connectivity index (χ1v) is 6.82. The number of ether oxygens (including phenoxy) is 2. The molecule has 0 bridgehead atoms. The van der Waals surface area contributed by atoms with Gasteiger partial charge in [0.2, 0.25) is 5.91 Å². The molecule has 0 spiro atoms. The lowest BCUT2D eigenvalue weighted by Gasteiger charge is -2.51. The second-order valence-electron chi connectivity index (χ2n) is 4.50. The number of hydrogen-bond donors (Lipinski definition) is 0. The average molecular weight is 229 g/mol. The lowest BCUT2D eigenvalue weighted by molar-refractivity contribution is -0.364. The van der Waals surface area contributed by atoms with Crippen LogP contribution in [0.3, 0.4) is 0 Å². The highest BCUT2D eigenvalue weighted by atomic mass is 16.7. The van der Waals surface area contributed by atoms with Crippen molar-refractivity contribution in [2.45, 2.75) is 58.8 Å². The molecule has 1 fully saturated rings. The number of unbranched alkanes of at least 4 members (excludes halogenated alkanes) is 1. The fourth-order valence-corrected chi connectivity index (χ4v) is 1.98. The minimum absolute atomic E-state index is 0.374. The Morgan fingerprint density at radius 2 is 1.62 bits per heavy atom. The van der Waals surface area contributed by atoms with Gasteiger partial charge in [-0.25, -0.2) is 0 Å². The third-order valence-corrected chi connectivity index (χ3v) is 3.02. The first-order valence-electron chi connectivity index (χ1n) is 6.82. The van der Waals surface area contributed by atoms with Crippen LogP contribution in [0, 0.1) is 0 Å². The summed E-state index contributed by atoms with van der Waals surface area (Å²) in [4.78, 5) is 2.35. The lowest BCUT2D eigenvalue weighted by atomic mass is 10.1. The highest BCUT2D eigenvalue weighted by Crippen LogP contribution is 2.33. The van der Waals surface area contributed by atoms with E-state index >= 15 is 0 Å². The van der Waals surface area contributed by atoms with Gasteiger partial charge in [-0.05, 0) is 19.3 Å². The minimum Gasteiger partial charge on any atom is -0.337 e. The molecular weight excluding hydrogens is 202 g/mol. The Hall–Kier alpha value is -0.120. The number of rotatable bonds is 9. The topological polar surface area (TPSA) is 21.7 Å². The largest absolute Gasteiger partial charge is 0.337 e. The maximum atomic E-state index is 5.93. The van der Waals surface area contributed by atoms with Gasteiger partial charge in [0.25, 0.3) is 0 Å². The van der Waals surface area contributed by atoms with Crippen LogP contribution in [-0.4, -0.2) is 37.1 Å². The van der Waals surface area contributed by atoms with E-state index in [9.17, 15) is 0 Å². The van der Waals surface area contributed by atoms with Crippen LogP contribution in [0.4, 0.5) is 0 Å². The van der Waals surface area contributed by atoms with Crippen molar-refractivity contribution in [2.24, 2.45) is 0 Å². The normalized spacial score (nSPS) is 19.7. The summed E-state index contributed by atoms with van der Waals surface area (Å²) in [6, 6.07) is 0. The van der Waals surface area contributed by atoms with Crippen LogP contribution in [0.1, 0.15) is 52.9 Å². The highest BCUT2D eigenvalue weighted by molar-refractivity contribution is 4.84. The zero-order valence-corrected chi connectivity index (χ0v) is 11.1. The Morgan fingerprint density at radius 1 is 1.00 bits per heavy atom. The van der Waals surface area contributed by atoms with E-state index in [2.05, 4.69) is 25.7 Å². The molecule has 0 unspecified atom stereocenters. The van der Waals surface area contributed by atoms with Crippen LogP contribution in [0.2, 0.25) is 0 Å². The molecule has 96 valence electrons. The minimum atomic E-state index is -0.374. The Morgan fingerprint density at radius 3 is 2.00 bits per heavy atom. The predicted molar refractivity (Wildman–Crippen MR) is 66.3 cm³/mol. The summed E-state index contributed by atoms with van der Waals surface area (Å²) in [5.74, 6) is -0.374. The van der Waals surface area contributed by atoms with Gasteiger partial charge >= 0.3 is 0 Å². The molecule has 0 aliphatic carbocycles. The van der Waals surface area contributed by atoms with Gasteiger partial charge in [-0.15, -0.1) is 0 Å². The fourth-order valence-electron chi connectivity index (χ4n) is 1.98. The maximum absolute atomic E-state index is 5.93. The summed E-state index contributed by atoms with van der Waals surface area (Å²) in [5, 5.41) is 0. The van der Waals surface area contributed by atoms with E-state index in [0.717, 1.165) is 45.6 Å². The van der Waals surface area contributed by atoms with Crippen molar-refractivity contribution in [3.05, 3.63) is 0 Å². The summed E-state index contributed by atoms with van der Waals surface area (Å²) in [6.45, 7) is 10.3. The molecule has 0 amide bonds. The zero-order valence-electron chi connectivity index (χ0n) is 11.1. The van der Waals surface area contributed by atoms with E-state index in [-0.39, 0.29) is 5.91 Å². The molecule has 0 radical (unpaired) electrons. The molecule has 0 aromatic carbocycles. The second kappa shape index (κ2) is 7.25. The molecular formula is C13H27NO2. The van der Waals surface area contributed by atoms with E-state index in [1.165, 1.54) is 12.8 Å². The van der Waals surface area contributed by atoms with Crippen LogP contribution in [-0.2, 0) is 9.47 Å². The molecule has 1 aliphatic rings. The van der Waals surface area contributed by atoms with Crippen molar-refractivity contribution < 1.29 is 9.47 Å². The Kier molecular flexibility index (Phi) is 6.32. The van der Waals surface area contributed by atoms with E-state index < -0.39 is 0 Å². The van der Waals surface area contributed by atoms with Crippen molar-refractivity contribution in [2.75, 3.05) is 26.3 Å². The van der Waals surface area contributed by atoms with E-state index in [4.69, 9.17) is 9.47 Å². The molecule has 16 heavy (non-hydrogen) atoms. The van der Waals surface area contributed by atoms with Crippen molar-refractivity contribution in [1.29, 1.82) is 0 Å². The van der Waals surface area contributed by atoms with Crippen LogP contribution < -0.4 is 0 Å². The Balaban J connectivity index is 2.42. The molecule has 0 saturated carbocycles. The van der Waals surface area contributed by atoms with Crippen LogP contribution in [0.15, 0.2) is 0 Å². The molecule has 0 N–H and O–H groups in total. The SMILES string of the molecule is CCCCN1CCC1(OCCC)OCCC. The van der Waals surface area contributed by atoms with E-state index in [1.54, 1.807) is 0 Å². The van der Waals surface area contributed by atoms with Crippen molar-refractivity contribution in [3.63, 3.8) is 0 Å². The zero-order chi connectivity index (χ0) is 11.9.